The summed E-state index contributed by atoms with van der Waals surface area (Å²) in [5.74, 6) is -1.01. The second-order valence-electron chi connectivity index (χ2n) is 3.82. The van der Waals surface area contributed by atoms with E-state index in [0.717, 1.165) is 21.4 Å². The van der Waals surface area contributed by atoms with Gasteiger partial charge >= 0.3 is 5.97 Å². The van der Waals surface area contributed by atoms with Gasteiger partial charge in [-0.05, 0) is 43.7 Å². The van der Waals surface area contributed by atoms with E-state index in [1.807, 2.05) is 32.0 Å². The zero-order chi connectivity index (χ0) is 12.6. The van der Waals surface area contributed by atoms with Crippen molar-refractivity contribution in [2.45, 2.75) is 13.8 Å². The normalized spacial score (nSPS) is 10.5. The van der Waals surface area contributed by atoms with Crippen molar-refractivity contribution in [2.75, 3.05) is 0 Å². The van der Waals surface area contributed by atoms with Crippen LogP contribution in [0.5, 0.6) is 0 Å². The number of aryl methyl sites for hydroxylation is 2. The molecule has 4 nitrogen and oxygen atoms in total. The molecule has 1 aromatic heterocycles. The monoisotopic (exact) mass is 294 g/mol. The van der Waals surface area contributed by atoms with Gasteiger partial charge in [-0.1, -0.05) is 15.9 Å². The molecule has 0 unspecified atom stereocenters. The fourth-order valence-corrected chi connectivity index (χ4v) is 1.85. The van der Waals surface area contributed by atoms with Crippen LogP contribution in [0.15, 0.2) is 28.7 Å². The number of hydrogen-bond donors (Lipinski definition) is 1. The molecule has 0 radical (unpaired) electrons. The Kier molecular flexibility index (Phi) is 3.02. The number of halogens is 1. The summed E-state index contributed by atoms with van der Waals surface area (Å²) in [6.07, 6.45) is 0. The van der Waals surface area contributed by atoms with Crippen LogP contribution in [-0.2, 0) is 0 Å². The number of carbonyl (C=O) groups is 1. The molecule has 88 valence electrons. The molecular weight excluding hydrogens is 284 g/mol. The van der Waals surface area contributed by atoms with E-state index < -0.39 is 5.97 Å². The van der Waals surface area contributed by atoms with Crippen molar-refractivity contribution in [1.82, 2.24) is 9.78 Å². The van der Waals surface area contributed by atoms with Crippen LogP contribution >= 0.6 is 15.9 Å². The number of aromatic carboxylic acids is 1. The van der Waals surface area contributed by atoms with E-state index in [4.69, 9.17) is 5.11 Å². The number of carboxylic acids is 1. The quantitative estimate of drug-likeness (QED) is 0.926. The molecule has 0 fully saturated rings. The van der Waals surface area contributed by atoms with E-state index in [1.165, 1.54) is 0 Å². The Hall–Kier alpha value is -1.62. The van der Waals surface area contributed by atoms with Gasteiger partial charge in [0.1, 0.15) is 0 Å². The smallest absolute Gasteiger partial charge is 0.356 e. The lowest BCUT2D eigenvalue weighted by atomic mass is 10.2. The first-order valence-corrected chi connectivity index (χ1v) is 5.85. The van der Waals surface area contributed by atoms with Crippen LogP contribution in [0, 0.1) is 13.8 Å². The molecule has 1 N–H and O–H groups in total. The van der Waals surface area contributed by atoms with E-state index in [1.54, 1.807) is 10.7 Å². The summed E-state index contributed by atoms with van der Waals surface area (Å²) < 4.78 is 2.65. The standard InChI is InChI=1S/C12H11BrN2O2/c1-7-5-9(3-4-10(7)13)15-8(2)6-11(14-15)12(16)17/h3-6H,1-2H3,(H,16,17). The summed E-state index contributed by atoms with van der Waals surface area (Å²) in [5.41, 5.74) is 2.79. The minimum absolute atomic E-state index is 0.0584. The van der Waals surface area contributed by atoms with Gasteiger partial charge in [-0.15, -0.1) is 0 Å². The van der Waals surface area contributed by atoms with Gasteiger partial charge in [-0.25, -0.2) is 9.48 Å². The van der Waals surface area contributed by atoms with E-state index in [2.05, 4.69) is 21.0 Å². The molecule has 0 saturated carbocycles. The predicted molar refractivity (Wildman–Crippen MR) is 67.7 cm³/mol. The highest BCUT2D eigenvalue weighted by atomic mass is 79.9. The van der Waals surface area contributed by atoms with Crippen molar-refractivity contribution in [3.05, 3.63) is 45.7 Å². The molecule has 0 saturated heterocycles. The molecule has 2 rings (SSSR count). The summed E-state index contributed by atoms with van der Waals surface area (Å²) in [6.45, 7) is 3.81. The molecule has 1 aromatic carbocycles. The van der Waals surface area contributed by atoms with Crippen LogP contribution in [0.4, 0.5) is 0 Å². The molecule has 0 atom stereocenters. The Morgan fingerprint density at radius 1 is 1.35 bits per heavy atom. The third kappa shape index (κ3) is 2.24. The molecule has 1 heterocycles. The van der Waals surface area contributed by atoms with Gasteiger partial charge in [0.05, 0.1) is 5.69 Å². The van der Waals surface area contributed by atoms with Crippen LogP contribution in [-0.4, -0.2) is 20.9 Å². The molecule has 0 spiro atoms. The van der Waals surface area contributed by atoms with Gasteiger partial charge in [0.15, 0.2) is 5.69 Å². The second kappa shape index (κ2) is 4.33. The molecule has 2 aromatic rings. The van der Waals surface area contributed by atoms with Gasteiger partial charge in [0.25, 0.3) is 0 Å². The zero-order valence-corrected chi connectivity index (χ0v) is 11.0. The highest BCUT2D eigenvalue weighted by Crippen LogP contribution is 2.20. The SMILES string of the molecule is Cc1cc(-n2nc(C(=O)O)cc2C)ccc1Br. The van der Waals surface area contributed by atoms with Crippen LogP contribution in [0.2, 0.25) is 0 Å². The first kappa shape index (κ1) is 11.9. The number of rotatable bonds is 2. The Morgan fingerprint density at radius 3 is 2.59 bits per heavy atom. The minimum atomic E-state index is -1.01. The lowest BCUT2D eigenvalue weighted by Gasteiger charge is -2.06. The Morgan fingerprint density at radius 2 is 2.06 bits per heavy atom. The summed E-state index contributed by atoms with van der Waals surface area (Å²) in [4.78, 5) is 10.8. The maximum Gasteiger partial charge on any atom is 0.356 e. The van der Waals surface area contributed by atoms with Gasteiger partial charge in [0.2, 0.25) is 0 Å². The zero-order valence-electron chi connectivity index (χ0n) is 9.44. The van der Waals surface area contributed by atoms with Crippen LogP contribution < -0.4 is 0 Å². The van der Waals surface area contributed by atoms with Gasteiger partial charge in [0, 0.05) is 10.2 Å². The Bertz CT molecular complexity index is 590. The van der Waals surface area contributed by atoms with E-state index in [-0.39, 0.29) is 5.69 Å². The maximum absolute atomic E-state index is 10.8. The second-order valence-corrected chi connectivity index (χ2v) is 4.68. The summed E-state index contributed by atoms with van der Waals surface area (Å²) in [5, 5.41) is 12.9. The number of benzene rings is 1. The molecular formula is C12H11BrN2O2. The molecule has 0 amide bonds. The molecule has 0 aliphatic heterocycles. The van der Waals surface area contributed by atoms with Gasteiger partial charge in [-0.3, -0.25) is 0 Å². The van der Waals surface area contributed by atoms with Crippen molar-refractivity contribution in [3.63, 3.8) is 0 Å². The Balaban J connectivity index is 2.52. The largest absolute Gasteiger partial charge is 0.476 e. The van der Waals surface area contributed by atoms with E-state index in [9.17, 15) is 4.79 Å². The maximum atomic E-state index is 10.8. The van der Waals surface area contributed by atoms with Crippen LogP contribution in [0.3, 0.4) is 0 Å². The van der Waals surface area contributed by atoms with Crippen molar-refractivity contribution in [2.24, 2.45) is 0 Å². The first-order valence-electron chi connectivity index (χ1n) is 5.05. The third-order valence-corrected chi connectivity index (χ3v) is 3.38. The average molecular weight is 295 g/mol. The lowest BCUT2D eigenvalue weighted by Crippen LogP contribution is -2.02. The molecule has 0 bridgehead atoms. The van der Waals surface area contributed by atoms with Gasteiger partial charge in [-0.2, -0.15) is 5.10 Å². The van der Waals surface area contributed by atoms with Gasteiger partial charge < -0.3 is 5.11 Å². The van der Waals surface area contributed by atoms with Crippen LogP contribution in [0.25, 0.3) is 5.69 Å². The van der Waals surface area contributed by atoms with E-state index >= 15 is 0 Å². The summed E-state index contributed by atoms with van der Waals surface area (Å²) in [6, 6.07) is 7.32. The topological polar surface area (TPSA) is 55.1 Å². The predicted octanol–water partition coefficient (Wildman–Crippen LogP) is 2.95. The summed E-state index contributed by atoms with van der Waals surface area (Å²) in [7, 11) is 0. The molecule has 0 aliphatic carbocycles. The van der Waals surface area contributed by atoms with Crippen molar-refractivity contribution < 1.29 is 9.90 Å². The third-order valence-electron chi connectivity index (χ3n) is 2.49. The number of aromatic nitrogens is 2. The van der Waals surface area contributed by atoms with Crippen molar-refractivity contribution in [1.29, 1.82) is 0 Å². The number of hydrogen-bond acceptors (Lipinski definition) is 2. The average Bonchev–Trinajstić information content (AvgIpc) is 2.65. The molecule has 5 heteroatoms. The first-order chi connectivity index (χ1) is 7.99. The highest BCUT2D eigenvalue weighted by molar-refractivity contribution is 9.10. The number of carboxylic acid groups (broad SMARTS) is 1. The molecule has 0 aliphatic rings. The summed E-state index contributed by atoms with van der Waals surface area (Å²) >= 11 is 3.43. The molecule has 17 heavy (non-hydrogen) atoms. The van der Waals surface area contributed by atoms with Crippen molar-refractivity contribution in [3.8, 4) is 5.69 Å². The van der Waals surface area contributed by atoms with Crippen molar-refractivity contribution >= 4 is 21.9 Å². The fraction of sp³-hybridized carbons (Fsp3) is 0.167. The number of nitrogens with zero attached hydrogens (tertiary/aromatic N) is 2. The van der Waals surface area contributed by atoms with Crippen LogP contribution in [0.1, 0.15) is 21.7 Å². The minimum Gasteiger partial charge on any atom is -0.476 e. The Labute approximate surface area is 107 Å². The van der Waals surface area contributed by atoms with E-state index in [0.29, 0.717) is 0 Å². The lowest BCUT2D eigenvalue weighted by molar-refractivity contribution is 0.0690. The fourth-order valence-electron chi connectivity index (χ4n) is 1.60. The highest BCUT2D eigenvalue weighted by Gasteiger charge is 2.11.